The molecule has 3 rings (SSSR count). The summed E-state index contributed by atoms with van der Waals surface area (Å²) in [5.41, 5.74) is -5.37. The van der Waals surface area contributed by atoms with Gasteiger partial charge in [0.05, 0.1) is 16.1 Å². The van der Waals surface area contributed by atoms with E-state index < -0.39 is 74.0 Å². The van der Waals surface area contributed by atoms with Crippen LogP contribution in [0.1, 0.15) is 5.56 Å². The van der Waals surface area contributed by atoms with Crippen LogP contribution in [0.25, 0.3) is 22.8 Å². The number of hydrogen-bond donors (Lipinski definition) is 4. The minimum atomic E-state index is -5.38. The van der Waals surface area contributed by atoms with E-state index in [1.165, 1.54) is 0 Å². The summed E-state index contributed by atoms with van der Waals surface area (Å²) in [4.78, 5) is 13.0. The molecule has 152 valence electrons. The van der Waals surface area contributed by atoms with E-state index >= 15 is 0 Å². The zero-order chi connectivity index (χ0) is 21.7. The number of nitrogens with zero attached hydrogens (tertiary/aromatic N) is 3. The molecular formula is C15H7F4N3O7. The summed E-state index contributed by atoms with van der Waals surface area (Å²) in [6.45, 7) is 0. The Hall–Kier alpha value is -4.10. The van der Waals surface area contributed by atoms with Crippen LogP contribution in [0, 0.1) is 15.9 Å². The van der Waals surface area contributed by atoms with Crippen LogP contribution >= 0.6 is 0 Å². The third kappa shape index (κ3) is 3.19. The maximum Gasteiger partial charge on any atom is 0.423 e. The summed E-state index contributed by atoms with van der Waals surface area (Å²) >= 11 is 0. The highest BCUT2D eigenvalue weighted by atomic mass is 19.4. The Kier molecular flexibility index (Phi) is 4.41. The van der Waals surface area contributed by atoms with Crippen molar-refractivity contribution in [3.63, 3.8) is 0 Å². The lowest BCUT2D eigenvalue weighted by Gasteiger charge is -2.12. The summed E-state index contributed by atoms with van der Waals surface area (Å²) in [6.07, 6.45) is -5.38. The van der Waals surface area contributed by atoms with E-state index in [4.69, 9.17) is 0 Å². The van der Waals surface area contributed by atoms with Crippen LogP contribution in [0.5, 0.6) is 23.0 Å². The van der Waals surface area contributed by atoms with E-state index in [0.29, 0.717) is 12.1 Å². The highest BCUT2D eigenvalue weighted by Crippen LogP contribution is 2.50. The Morgan fingerprint density at radius 2 is 1.69 bits per heavy atom. The molecule has 29 heavy (non-hydrogen) atoms. The van der Waals surface area contributed by atoms with Crippen LogP contribution in [-0.4, -0.2) is 35.5 Å². The normalized spacial score (nSPS) is 11.6. The number of nitro groups is 1. The maximum atomic E-state index is 13.5. The second-order valence-corrected chi connectivity index (χ2v) is 5.49. The summed E-state index contributed by atoms with van der Waals surface area (Å²) in [5, 5.41) is 52.5. The minimum absolute atomic E-state index is 0.324. The third-order valence-corrected chi connectivity index (χ3v) is 3.72. The molecule has 10 nitrogen and oxygen atoms in total. The lowest BCUT2D eigenvalue weighted by Crippen LogP contribution is -2.11. The molecule has 4 N–H and O–H groups in total. The fourth-order valence-electron chi connectivity index (χ4n) is 2.46. The molecule has 0 amide bonds. The van der Waals surface area contributed by atoms with Crippen LogP contribution in [0.3, 0.4) is 0 Å². The molecule has 2 aromatic carbocycles. The van der Waals surface area contributed by atoms with Crippen molar-refractivity contribution in [2.75, 3.05) is 0 Å². The van der Waals surface area contributed by atoms with Gasteiger partial charge in [0, 0.05) is 0 Å². The van der Waals surface area contributed by atoms with Gasteiger partial charge in [0.25, 0.3) is 5.89 Å². The second kappa shape index (κ2) is 6.50. The van der Waals surface area contributed by atoms with Gasteiger partial charge in [0.1, 0.15) is 0 Å². The van der Waals surface area contributed by atoms with Crippen LogP contribution < -0.4 is 0 Å². The number of aromatic hydroxyl groups is 4. The lowest BCUT2D eigenvalue weighted by molar-refractivity contribution is -0.389. The fourth-order valence-corrected chi connectivity index (χ4v) is 2.46. The summed E-state index contributed by atoms with van der Waals surface area (Å²) in [7, 11) is 0. The zero-order valence-corrected chi connectivity index (χ0v) is 13.6. The molecule has 0 radical (unpaired) electrons. The molecule has 1 heterocycles. The average Bonchev–Trinajstić information content (AvgIpc) is 3.10. The van der Waals surface area contributed by atoms with Crippen molar-refractivity contribution in [2.45, 2.75) is 6.18 Å². The maximum absolute atomic E-state index is 13.5. The topological polar surface area (TPSA) is 163 Å². The Balaban J connectivity index is 2.26. The molecule has 0 bridgehead atoms. The molecule has 3 aromatic rings. The lowest BCUT2D eigenvalue weighted by atomic mass is 10.0. The summed E-state index contributed by atoms with van der Waals surface area (Å²) < 4.78 is 58.2. The van der Waals surface area contributed by atoms with Crippen molar-refractivity contribution in [1.82, 2.24) is 10.1 Å². The molecule has 0 atom stereocenters. The van der Waals surface area contributed by atoms with Gasteiger partial charge in [-0.2, -0.15) is 18.2 Å². The van der Waals surface area contributed by atoms with Crippen molar-refractivity contribution in [3.05, 3.63) is 39.7 Å². The molecule has 0 aliphatic heterocycles. The minimum Gasteiger partial charge on any atom is -0.504 e. The van der Waals surface area contributed by atoms with E-state index in [-0.39, 0.29) is 0 Å². The van der Waals surface area contributed by atoms with Gasteiger partial charge in [0.15, 0.2) is 28.6 Å². The Labute approximate surface area is 156 Å². The van der Waals surface area contributed by atoms with Crippen LogP contribution in [0.15, 0.2) is 22.7 Å². The highest BCUT2D eigenvalue weighted by Gasteiger charge is 2.45. The van der Waals surface area contributed by atoms with E-state index in [1.54, 1.807) is 0 Å². The molecular weight excluding hydrogens is 410 g/mol. The van der Waals surface area contributed by atoms with Crippen molar-refractivity contribution in [2.24, 2.45) is 0 Å². The average molecular weight is 417 g/mol. The predicted molar refractivity (Wildman–Crippen MR) is 83.4 cm³/mol. The van der Waals surface area contributed by atoms with E-state index in [2.05, 4.69) is 14.7 Å². The number of phenols is 4. The van der Waals surface area contributed by atoms with Crippen molar-refractivity contribution >= 4 is 5.69 Å². The van der Waals surface area contributed by atoms with Gasteiger partial charge in [0.2, 0.25) is 11.6 Å². The largest absolute Gasteiger partial charge is 0.504 e. The number of benzene rings is 2. The number of aromatic nitrogens is 2. The number of nitro benzene ring substituents is 1. The number of hydrogen-bond acceptors (Lipinski definition) is 9. The third-order valence-electron chi connectivity index (χ3n) is 3.72. The molecule has 0 fully saturated rings. The van der Waals surface area contributed by atoms with Crippen molar-refractivity contribution in [1.29, 1.82) is 0 Å². The SMILES string of the molecule is O=[N+]([O-])c1c(O)c(O)cc(-c2nc(-c3ccc(F)c(O)c3O)no2)c1C(F)(F)F. The fraction of sp³-hybridized carbons (Fsp3) is 0.0667. The molecule has 0 aliphatic carbocycles. The first kappa shape index (κ1) is 19.7. The molecule has 0 saturated carbocycles. The summed E-state index contributed by atoms with van der Waals surface area (Å²) in [5.74, 6) is -7.87. The molecule has 0 spiro atoms. The van der Waals surface area contributed by atoms with Gasteiger partial charge >= 0.3 is 11.9 Å². The number of rotatable bonds is 3. The number of alkyl halides is 3. The summed E-state index contributed by atoms with van der Waals surface area (Å²) in [6, 6.07) is 1.92. The Morgan fingerprint density at radius 3 is 2.28 bits per heavy atom. The first-order chi connectivity index (χ1) is 13.4. The monoisotopic (exact) mass is 417 g/mol. The number of halogens is 4. The molecule has 1 aromatic heterocycles. The molecule has 0 saturated heterocycles. The van der Waals surface area contributed by atoms with Crippen LogP contribution in [0.2, 0.25) is 0 Å². The standard InChI is InChI=1S/C15H7F4N3O7/c16-6-2-1-4(10(24)11(6)25)13-20-14(29-21-13)5-3-7(23)12(26)9(22(27)28)8(5)15(17,18)19/h1-3,23-26H. The van der Waals surface area contributed by atoms with Gasteiger partial charge in [-0.1, -0.05) is 5.16 Å². The van der Waals surface area contributed by atoms with Crippen LogP contribution in [-0.2, 0) is 6.18 Å². The first-order valence-corrected chi connectivity index (χ1v) is 7.28. The first-order valence-electron chi connectivity index (χ1n) is 7.28. The van der Waals surface area contributed by atoms with Gasteiger partial charge in [-0.25, -0.2) is 4.39 Å². The highest BCUT2D eigenvalue weighted by molar-refractivity contribution is 5.76. The van der Waals surface area contributed by atoms with Crippen LogP contribution in [0.4, 0.5) is 23.2 Å². The number of phenolic OH excluding ortho intramolecular Hbond substituents is 4. The zero-order valence-electron chi connectivity index (χ0n) is 13.6. The second-order valence-electron chi connectivity index (χ2n) is 5.49. The Morgan fingerprint density at radius 1 is 1.03 bits per heavy atom. The van der Waals surface area contributed by atoms with E-state index in [0.717, 1.165) is 6.07 Å². The predicted octanol–water partition coefficient (Wildman–Crippen LogP) is 3.29. The van der Waals surface area contributed by atoms with Gasteiger partial charge in [-0.05, 0) is 18.2 Å². The van der Waals surface area contributed by atoms with E-state index in [9.17, 15) is 48.1 Å². The Bertz CT molecular complexity index is 1140. The van der Waals surface area contributed by atoms with Gasteiger partial charge in [-0.3, -0.25) is 10.1 Å². The van der Waals surface area contributed by atoms with Gasteiger partial charge < -0.3 is 24.9 Å². The van der Waals surface area contributed by atoms with Crippen molar-refractivity contribution < 1.29 is 47.4 Å². The van der Waals surface area contributed by atoms with Crippen molar-refractivity contribution in [3.8, 4) is 45.8 Å². The smallest absolute Gasteiger partial charge is 0.423 e. The molecule has 0 unspecified atom stereocenters. The van der Waals surface area contributed by atoms with E-state index in [1.807, 2.05) is 0 Å². The quantitative estimate of drug-likeness (QED) is 0.217. The molecule has 0 aliphatic rings. The van der Waals surface area contributed by atoms with Gasteiger partial charge in [-0.15, -0.1) is 0 Å². The molecule has 14 heteroatoms.